The van der Waals surface area contributed by atoms with Crippen LogP contribution in [0.25, 0.3) is 21.1 Å². The summed E-state index contributed by atoms with van der Waals surface area (Å²) in [4.78, 5) is 30.2. The highest BCUT2D eigenvalue weighted by molar-refractivity contribution is 7.17. The fourth-order valence-corrected chi connectivity index (χ4v) is 5.61. The van der Waals surface area contributed by atoms with E-state index >= 15 is 0 Å². The highest BCUT2D eigenvalue weighted by atomic mass is 32.1. The number of aromatic nitrogens is 3. The normalized spacial score (nSPS) is 22.7. The molecule has 5 heterocycles. The van der Waals surface area contributed by atoms with Gasteiger partial charge in [0.15, 0.2) is 0 Å². The van der Waals surface area contributed by atoms with Crippen LogP contribution < -0.4 is 4.90 Å². The lowest BCUT2D eigenvalue weighted by Crippen LogP contribution is -2.43. The number of ether oxygens (including phenoxy) is 1. The molecule has 4 aromatic rings. The molecule has 164 valence electrons. The predicted octanol–water partition coefficient (Wildman–Crippen LogP) is 4.07. The first-order chi connectivity index (χ1) is 15.6. The molecule has 32 heavy (non-hydrogen) atoms. The Morgan fingerprint density at radius 2 is 2.19 bits per heavy atom. The molecule has 1 amide bonds. The van der Waals surface area contributed by atoms with E-state index in [-0.39, 0.29) is 17.6 Å². The Hall–Kier alpha value is -2.97. The third-order valence-corrected chi connectivity index (χ3v) is 7.69. The van der Waals surface area contributed by atoms with E-state index in [2.05, 4.69) is 37.7 Å². The Morgan fingerprint density at radius 1 is 1.31 bits per heavy atom. The summed E-state index contributed by atoms with van der Waals surface area (Å²) in [7, 11) is 0. The van der Waals surface area contributed by atoms with E-state index < -0.39 is 0 Å². The minimum absolute atomic E-state index is 0.0858. The molecule has 6 rings (SSSR count). The van der Waals surface area contributed by atoms with Crippen LogP contribution in [0.5, 0.6) is 0 Å². The van der Waals surface area contributed by atoms with Gasteiger partial charge < -0.3 is 19.5 Å². The SMILES string of the molecule is CC1(CCN(C(=O)c2csc3ccccc23)C2CCN(c3ncnc4[nH]ccc34)C2)CO1. The monoisotopic (exact) mass is 447 g/mol. The topological polar surface area (TPSA) is 77.7 Å². The van der Waals surface area contributed by atoms with Gasteiger partial charge in [-0.1, -0.05) is 18.2 Å². The third-order valence-electron chi connectivity index (χ3n) is 6.73. The van der Waals surface area contributed by atoms with E-state index in [4.69, 9.17) is 4.74 Å². The van der Waals surface area contributed by atoms with Gasteiger partial charge in [0.25, 0.3) is 5.91 Å². The lowest BCUT2D eigenvalue weighted by molar-refractivity contribution is 0.0680. The van der Waals surface area contributed by atoms with Crippen molar-refractivity contribution in [2.24, 2.45) is 0 Å². The number of fused-ring (bicyclic) bond motifs is 2. The largest absolute Gasteiger partial charge is 0.370 e. The van der Waals surface area contributed by atoms with Crippen LogP contribution in [-0.2, 0) is 4.74 Å². The molecule has 8 heteroatoms. The highest BCUT2D eigenvalue weighted by Crippen LogP contribution is 2.34. The number of aromatic amines is 1. The van der Waals surface area contributed by atoms with Crippen molar-refractivity contribution in [1.82, 2.24) is 19.9 Å². The van der Waals surface area contributed by atoms with E-state index in [0.29, 0.717) is 6.54 Å². The van der Waals surface area contributed by atoms with Crippen molar-refractivity contribution in [3.05, 3.63) is 53.8 Å². The summed E-state index contributed by atoms with van der Waals surface area (Å²) in [6, 6.07) is 10.3. The number of nitrogens with zero attached hydrogens (tertiary/aromatic N) is 4. The second kappa shape index (κ2) is 7.56. The average Bonchev–Trinajstić information content (AvgIpc) is 3.25. The number of hydrogen-bond donors (Lipinski definition) is 1. The summed E-state index contributed by atoms with van der Waals surface area (Å²) < 4.78 is 6.76. The first kappa shape index (κ1) is 19.7. The standard InChI is InChI=1S/C24H25N5O2S/c1-24(14-31-24)8-11-29(23(30)19-13-32-20-5-3-2-4-17(19)20)16-7-10-28(12-16)22-18-6-9-25-21(18)26-15-27-22/h2-6,9,13,15-16H,7-8,10-12,14H2,1H3,(H,25,26,27). The molecular weight excluding hydrogens is 422 g/mol. The van der Waals surface area contributed by atoms with Gasteiger partial charge >= 0.3 is 0 Å². The van der Waals surface area contributed by atoms with E-state index in [1.165, 1.54) is 0 Å². The zero-order chi connectivity index (χ0) is 21.7. The van der Waals surface area contributed by atoms with Crippen LogP contribution in [0.15, 0.2) is 48.2 Å². The molecule has 2 atom stereocenters. The maximum absolute atomic E-state index is 13.8. The Balaban J connectivity index is 1.29. The van der Waals surface area contributed by atoms with Crippen LogP contribution in [0.4, 0.5) is 5.82 Å². The smallest absolute Gasteiger partial charge is 0.255 e. The molecule has 2 unspecified atom stereocenters. The number of benzene rings is 1. The van der Waals surface area contributed by atoms with E-state index in [1.54, 1.807) is 17.7 Å². The summed E-state index contributed by atoms with van der Waals surface area (Å²) >= 11 is 1.63. The number of carbonyl (C=O) groups excluding carboxylic acids is 1. The summed E-state index contributed by atoms with van der Waals surface area (Å²) in [6.45, 7) is 5.23. The zero-order valence-electron chi connectivity index (χ0n) is 18.0. The Morgan fingerprint density at radius 3 is 3.06 bits per heavy atom. The molecule has 0 radical (unpaired) electrons. The minimum atomic E-state index is -0.0858. The number of thiophene rings is 1. The molecular formula is C24H25N5O2S. The van der Waals surface area contributed by atoms with Crippen LogP contribution in [0.3, 0.4) is 0 Å². The van der Waals surface area contributed by atoms with Crippen molar-refractivity contribution in [2.45, 2.75) is 31.4 Å². The molecule has 7 nitrogen and oxygen atoms in total. The average molecular weight is 448 g/mol. The lowest BCUT2D eigenvalue weighted by Gasteiger charge is -2.30. The van der Waals surface area contributed by atoms with Crippen LogP contribution in [0, 0.1) is 0 Å². The van der Waals surface area contributed by atoms with E-state index in [0.717, 1.165) is 65.0 Å². The summed E-state index contributed by atoms with van der Waals surface area (Å²) in [5.74, 6) is 1.05. The van der Waals surface area contributed by atoms with Gasteiger partial charge in [-0.2, -0.15) is 0 Å². The number of epoxide rings is 1. The van der Waals surface area contributed by atoms with Crippen molar-refractivity contribution in [3.63, 3.8) is 0 Å². The number of hydrogen-bond acceptors (Lipinski definition) is 6. The van der Waals surface area contributed by atoms with Gasteiger partial charge in [-0.05, 0) is 31.9 Å². The fourth-order valence-electron chi connectivity index (χ4n) is 4.67. The van der Waals surface area contributed by atoms with E-state index in [9.17, 15) is 4.79 Å². The van der Waals surface area contributed by atoms with Gasteiger partial charge in [-0.3, -0.25) is 4.79 Å². The second-order valence-electron chi connectivity index (χ2n) is 8.96. The van der Waals surface area contributed by atoms with Crippen molar-refractivity contribution >= 4 is 44.2 Å². The second-order valence-corrected chi connectivity index (χ2v) is 9.87. The van der Waals surface area contributed by atoms with Crippen molar-refractivity contribution in [1.29, 1.82) is 0 Å². The minimum Gasteiger partial charge on any atom is -0.370 e. The molecule has 0 spiro atoms. The first-order valence-corrected chi connectivity index (χ1v) is 11.9. The van der Waals surface area contributed by atoms with Gasteiger partial charge in [0.1, 0.15) is 17.8 Å². The predicted molar refractivity (Wildman–Crippen MR) is 126 cm³/mol. The summed E-state index contributed by atoms with van der Waals surface area (Å²) in [6.07, 6.45) is 5.27. The number of anilines is 1. The van der Waals surface area contributed by atoms with E-state index in [1.807, 2.05) is 35.8 Å². The quantitative estimate of drug-likeness (QED) is 0.451. The fraction of sp³-hybridized carbons (Fsp3) is 0.375. The number of amides is 1. The van der Waals surface area contributed by atoms with Gasteiger partial charge in [-0.15, -0.1) is 11.3 Å². The van der Waals surface area contributed by atoms with Crippen LogP contribution in [0.2, 0.25) is 0 Å². The molecule has 0 aliphatic carbocycles. The molecule has 1 N–H and O–H groups in total. The number of nitrogens with one attached hydrogen (secondary N) is 1. The van der Waals surface area contributed by atoms with Crippen molar-refractivity contribution in [3.8, 4) is 0 Å². The van der Waals surface area contributed by atoms with Crippen LogP contribution >= 0.6 is 11.3 Å². The number of H-pyrrole nitrogens is 1. The molecule has 2 aliphatic heterocycles. The molecule has 0 bridgehead atoms. The van der Waals surface area contributed by atoms with Gasteiger partial charge in [-0.25, -0.2) is 9.97 Å². The van der Waals surface area contributed by atoms with Crippen molar-refractivity contribution < 1.29 is 9.53 Å². The maximum atomic E-state index is 13.8. The number of carbonyl (C=O) groups is 1. The Bertz CT molecular complexity index is 1290. The molecule has 2 saturated heterocycles. The van der Waals surface area contributed by atoms with Crippen LogP contribution in [-0.4, -0.2) is 63.6 Å². The van der Waals surface area contributed by atoms with Gasteiger partial charge in [0.05, 0.1) is 29.2 Å². The Kier molecular flexibility index (Phi) is 4.66. The molecule has 0 saturated carbocycles. The Labute approximate surface area is 190 Å². The number of rotatable bonds is 6. The lowest BCUT2D eigenvalue weighted by atomic mass is 10.1. The molecule has 2 aliphatic rings. The van der Waals surface area contributed by atoms with Gasteiger partial charge in [0.2, 0.25) is 0 Å². The summed E-state index contributed by atoms with van der Waals surface area (Å²) in [5.41, 5.74) is 1.56. The van der Waals surface area contributed by atoms with Crippen LogP contribution in [0.1, 0.15) is 30.1 Å². The molecule has 3 aromatic heterocycles. The summed E-state index contributed by atoms with van der Waals surface area (Å²) in [5, 5.41) is 4.07. The third kappa shape index (κ3) is 3.43. The first-order valence-electron chi connectivity index (χ1n) is 11.1. The van der Waals surface area contributed by atoms with Gasteiger partial charge in [0, 0.05) is 41.3 Å². The molecule has 2 fully saturated rings. The highest BCUT2D eigenvalue weighted by Gasteiger charge is 2.41. The molecule has 1 aromatic carbocycles. The zero-order valence-corrected chi connectivity index (χ0v) is 18.8. The van der Waals surface area contributed by atoms with Crippen molar-refractivity contribution in [2.75, 3.05) is 31.1 Å². The maximum Gasteiger partial charge on any atom is 0.255 e.